The third-order valence-electron chi connectivity index (χ3n) is 4.49. The molecule has 8 heteroatoms. The molecule has 0 spiro atoms. The lowest BCUT2D eigenvalue weighted by molar-refractivity contribution is -0.116. The second-order valence-electron chi connectivity index (χ2n) is 6.66. The molecule has 0 saturated carbocycles. The number of carbonyl (C=O) groups is 1. The van der Waals surface area contributed by atoms with Gasteiger partial charge in [-0.25, -0.2) is 8.78 Å². The highest BCUT2D eigenvalue weighted by Gasteiger charge is 2.19. The number of nitrogens with one attached hydrogen (secondary N) is 1. The van der Waals surface area contributed by atoms with Gasteiger partial charge >= 0.3 is 0 Å². The van der Waals surface area contributed by atoms with Crippen molar-refractivity contribution in [3.8, 4) is 5.75 Å². The van der Waals surface area contributed by atoms with Crippen molar-refractivity contribution >= 4 is 22.6 Å². The fraction of sp³-hybridized carbons (Fsp3) is 0.450. The van der Waals surface area contributed by atoms with Crippen molar-refractivity contribution in [3.05, 3.63) is 46.5 Å². The van der Waals surface area contributed by atoms with Crippen LogP contribution in [0.15, 0.2) is 29.3 Å². The number of halogens is 2. The van der Waals surface area contributed by atoms with Crippen LogP contribution in [0.2, 0.25) is 0 Å². The minimum absolute atomic E-state index is 0.0387. The number of nitrogens with two attached hydrogens (primary N) is 1. The second-order valence-corrected chi connectivity index (χ2v) is 7.77. The Labute approximate surface area is 169 Å². The molecule has 0 bridgehead atoms. The van der Waals surface area contributed by atoms with Crippen LogP contribution < -0.4 is 15.8 Å². The quantitative estimate of drug-likeness (QED) is 0.641. The van der Waals surface area contributed by atoms with Crippen LogP contribution in [-0.4, -0.2) is 44.1 Å². The smallest absolute Gasteiger partial charge is 0.259 e. The van der Waals surface area contributed by atoms with E-state index >= 15 is 0 Å². The number of thioether (sulfide) groups is 1. The molecule has 1 aromatic carbocycles. The number of hydrogen-bond donors (Lipinski definition) is 2. The lowest BCUT2D eigenvalue weighted by Crippen LogP contribution is -2.38. The van der Waals surface area contributed by atoms with E-state index in [-0.39, 0.29) is 32.7 Å². The standard InChI is InChI=1S/C20H27F2N3O2S/c1-13(23)19(20(26)24-7-10-25-8-5-4-6-9-25)28-14(2)15-11-17(22)18(27-3)12-16(15)21/h11-12H,2,4-10,23H2,1,3H3,(H,24,26)/b19-13-. The number of methoxy groups -OCH3 is 1. The van der Waals surface area contributed by atoms with E-state index < -0.39 is 11.6 Å². The summed E-state index contributed by atoms with van der Waals surface area (Å²) in [6.45, 7) is 8.72. The Kier molecular flexibility index (Phi) is 8.32. The molecule has 28 heavy (non-hydrogen) atoms. The zero-order valence-corrected chi connectivity index (χ0v) is 17.1. The molecular weight excluding hydrogens is 384 g/mol. The third kappa shape index (κ3) is 5.97. The Bertz CT molecular complexity index is 758. The van der Waals surface area contributed by atoms with Crippen molar-refractivity contribution in [1.29, 1.82) is 0 Å². The highest BCUT2D eigenvalue weighted by Crippen LogP contribution is 2.36. The first kappa shape index (κ1) is 22.2. The first-order chi connectivity index (χ1) is 13.3. The number of likely N-dealkylation sites (tertiary alicyclic amines) is 1. The van der Waals surface area contributed by atoms with Gasteiger partial charge in [0.15, 0.2) is 11.6 Å². The molecule has 0 aromatic heterocycles. The highest BCUT2D eigenvalue weighted by atomic mass is 32.2. The van der Waals surface area contributed by atoms with Gasteiger partial charge in [-0.15, -0.1) is 0 Å². The summed E-state index contributed by atoms with van der Waals surface area (Å²) in [5, 5.41) is 2.84. The van der Waals surface area contributed by atoms with Gasteiger partial charge < -0.3 is 20.7 Å². The number of benzene rings is 1. The van der Waals surface area contributed by atoms with Crippen molar-refractivity contribution < 1.29 is 18.3 Å². The SMILES string of the molecule is C=C(S/C(C(=O)NCCN1CCCCC1)=C(/C)N)c1cc(F)c(OC)cc1F. The summed E-state index contributed by atoms with van der Waals surface area (Å²) in [5.74, 6) is -1.94. The Balaban J connectivity index is 2.00. The van der Waals surface area contributed by atoms with E-state index in [0.29, 0.717) is 6.54 Å². The molecule has 1 fully saturated rings. The minimum atomic E-state index is -0.707. The van der Waals surface area contributed by atoms with Crippen LogP contribution in [0.25, 0.3) is 4.91 Å². The molecule has 1 amide bonds. The van der Waals surface area contributed by atoms with E-state index in [9.17, 15) is 13.6 Å². The largest absolute Gasteiger partial charge is 0.494 e. The van der Waals surface area contributed by atoms with Crippen LogP contribution in [0.4, 0.5) is 8.78 Å². The molecule has 2 rings (SSSR count). The topological polar surface area (TPSA) is 67.6 Å². The molecule has 0 aliphatic carbocycles. The predicted octanol–water partition coefficient (Wildman–Crippen LogP) is 3.47. The molecule has 3 N–H and O–H groups in total. The minimum Gasteiger partial charge on any atom is -0.494 e. The summed E-state index contributed by atoms with van der Waals surface area (Å²) in [5.41, 5.74) is 6.10. The van der Waals surface area contributed by atoms with Gasteiger partial charge in [-0.2, -0.15) is 0 Å². The zero-order valence-electron chi connectivity index (χ0n) is 16.3. The maximum Gasteiger partial charge on any atom is 0.259 e. The van der Waals surface area contributed by atoms with Crippen LogP contribution in [-0.2, 0) is 4.79 Å². The molecule has 0 unspecified atom stereocenters. The number of rotatable bonds is 8. The Hall–Kier alpha value is -2.06. The maximum absolute atomic E-state index is 14.3. The summed E-state index contributed by atoms with van der Waals surface area (Å²) in [6.07, 6.45) is 3.62. The Morgan fingerprint density at radius 3 is 2.57 bits per heavy atom. The van der Waals surface area contributed by atoms with Gasteiger partial charge in [-0.05, 0) is 38.9 Å². The van der Waals surface area contributed by atoms with Crippen LogP contribution in [0.5, 0.6) is 5.75 Å². The van der Waals surface area contributed by atoms with Gasteiger partial charge in [0, 0.05) is 35.3 Å². The molecule has 154 valence electrons. The van der Waals surface area contributed by atoms with E-state index in [0.717, 1.165) is 43.5 Å². The van der Waals surface area contributed by atoms with Crippen LogP contribution in [0.3, 0.4) is 0 Å². The van der Waals surface area contributed by atoms with Gasteiger partial charge in [-0.3, -0.25) is 4.79 Å². The van der Waals surface area contributed by atoms with E-state index in [1.165, 1.54) is 26.4 Å². The second kappa shape index (κ2) is 10.5. The first-order valence-corrected chi connectivity index (χ1v) is 10.0. The number of carbonyl (C=O) groups excluding carboxylic acids is 1. The lowest BCUT2D eigenvalue weighted by atomic mass is 10.1. The fourth-order valence-corrected chi connectivity index (χ4v) is 3.81. The molecule has 5 nitrogen and oxygen atoms in total. The predicted molar refractivity (Wildman–Crippen MR) is 110 cm³/mol. The summed E-state index contributed by atoms with van der Waals surface area (Å²) in [4.78, 5) is 15.2. The molecule has 0 atom stereocenters. The maximum atomic E-state index is 14.3. The van der Waals surface area contributed by atoms with E-state index in [2.05, 4.69) is 16.8 Å². The summed E-state index contributed by atoms with van der Waals surface area (Å²) in [7, 11) is 1.26. The van der Waals surface area contributed by atoms with Crippen LogP contribution >= 0.6 is 11.8 Å². The number of piperidine rings is 1. The van der Waals surface area contributed by atoms with E-state index in [1.807, 2.05) is 0 Å². The average molecular weight is 412 g/mol. The van der Waals surface area contributed by atoms with Crippen LogP contribution in [0.1, 0.15) is 31.7 Å². The summed E-state index contributed by atoms with van der Waals surface area (Å²) >= 11 is 0.923. The highest BCUT2D eigenvalue weighted by molar-refractivity contribution is 8.12. The molecule has 1 aliphatic rings. The molecule has 1 aromatic rings. The van der Waals surface area contributed by atoms with E-state index in [1.54, 1.807) is 6.92 Å². The van der Waals surface area contributed by atoms with Crippen molar-refractivity contribution in [1.82, 2.24) is 10.2 Å². The number of nitrogens with zero attached hydrogens (tertiary/aromatic N) is 1. The average Bonchev–Trinajstić information content (AvgIpc) is 2.67. The third-order valence-corrected chi connectivity index (χ3v) is 5.67. The van der Waals surface area contributed by atoms with Crippen molar-refractivity contribution in [3.63, 3.8) is 0 Å². The van der Waals surface area contributed by atoms with Crippen LogP contribution in [0, 0.1) is 11.6 Å². The summed E-state index contributed by atoms with van der Waals surface area (Å²) < 4.78 is 32.9. The number of allylic oxidation sites excluding steroid dienone is 1. The van der Waals surface area contributed by atoms with Gasteiger partial charge in [0.1, 0.15) is 5.82 Å². The zero-order chi connectivity index (χ0) is 20.7. The molecule has 1 saturated heterocycles. The molecule has 1 heterocycles. The van der Waals surface area contributed by atoms with Crippen molar-refractivity contribution in [2.45, 2.75) is 26.2 Å². The fourth-order valence-electron chi connectivity index (χ4n) is 2.97. The number of amides is 1. The van der Waals surface area contributed by atoms with Gasteiger partial charge in [0.25, 0.3) is 5.91 Å². The Morgan fingerprint density at radius 1 is 1.29 bits per heavy atom. The first-order valence-electron chi connectivity index (χ1n) is 9.20. The van der Waals surface area contributed by atoms with Gasteiger partial charge in [-0.1, -0.05) is 24.8 Å². The van der Waals surface area contributed by atoms with Gasteiger partial charge in [0.2, 0.25) is 0 Å². The lowest BCUT2D eigenvalue weighted by Gasteiger charge is -2.26. The van der Waals surface area contributed by atoms with Crippen molar-refractivity contribution in [2.75, 3.05) is 33.3 Å². The number of hydrogen-bond acceptors (Lipinski definition) is 5. The van der Waals surface area contributed by atoms with Gasteiger partial charge in [0.05, 0.1) is 12.0 Å². The number of ether oxygens (including phenoxy) is 1. The molecular formula is C20H27F2N3O2S. The summed E-state index contributed by atoms with van der Waals surface area (Å²) in [6, 6.07) is 1.95. The normalized spacial score (nSPS) is 15.7. The molecule has 1 aliphatic heterocycles. The van der Waals surface area contributed by atoms with Crippen molar-refractivity contribution in [2.24, 2.45) is 5.73 Å². The van der Waals surface area contributed by atoms with E-state index in [4.69, 9.17) is 10.5 Å². The monoisotopic (exact) mass is 411 g/mol. The Morgan fingerprint density at radius 2 is 1.96 bits per heavy atom. The molecule has 0 radical (unpaired) electrons.